The molecule has 1 aromatic rings. The molecule has 2 rings (SSSR count). The van der Waals surface area contributed by atoms with E-state index in [-0.39, 0.29) is 10.9 Å². The van der Waals surface area contributed by atoms with E-state index in [2.05, 4.69) is 19.9 Å². The van der Waals surface area contributed by atoms with Crippen LogP contribution in [-0.2, 0) is 10.0 Å². The maximum Gasteiger partial charge on any atom is 0.240 e. The van der Waals surface area contributed by atoms with Crippen LogP contribution in [-0.4, -0.2) is 51.5 Å². The lowest BCUT2D eigenvalue weighted by molar-refractivity contribution is 0.187. The third-order valence-corrected chi connectivity index (χ3v) is 5.15. The summed E-state index contributed by atoms with van der Waals surface area (Å²) in [4.78, 5) is 6.49. The molecule has 1 aliphatic heterocycles. The van der Waals surface area contributed by atoms with Crippen molar-refractivity contribution in [2.75, 3.05) is 32.5 Å². The minimum absolute atomic E-state index is 0.246. The van der Waals surface area contributed by atoms with E-state index in [1.54, 1.807) is 7.05 Å². The molecule has 1 fully saturated rings. The Morgan fingerprint density at radius 3 is 2.95 bits per heavy atom. The van der Waals surface area contributed by atoms with Gasteiger partial charge in [0.1, 0.15) is 5.82 Å². The van der Waals surface area contributed by atoms with Gasteiger partial charge in [0.05, 0.1) is 4.90 Å². The van der Waals surface area contributed by atoms with Crippen LogP contribution in [0.25, 0.3) is 0 Å². The van der Waals surface area contributed by atoms with Gasteiger partial charge in [0.2, 0.25) is 10.0 Å². The molecule has 0 aromatic carbocycles. The zero-order valence-electron chi connectivity index (χ0n) is 12.0. The number of hydrogen-bond donors (Lipinski definition) is 2. The largest absolute Gasteiger partial charge is 0.373 e. The second-order valence-electron chi connectivity index (χ2n) is 5.11. The van der Waals surface area contributed by atoms with Gasteiger partial charge in [-0.3, -0.25) is 0 Å². The van der Waals surface area contributed by atoms with E-state index in [0.717, 1.165) is 19.4 Å². The number of rotatable bonds is 5. The number of anilines is 1. The highest BCUT2D eigenvalue weighted by atomic mass is 32.2. The van der Waals surface area contributed by atoms with Gasteiger partial charge in [-0.25, -0.2) is 18.1 Å². The molecule has 0 bridgehead atoms. The van der Waals surface area contributed by atoms with Crippen LogP contribution < -0.4 is 10.0 Å². The fraction of sp³-hybridized carbons (Fsp3) is 0.615. The number of likely N-dealkylation sites (N-methyl/N-ethyl adjacent to an activating group) is 1. The first kappa shape index (κ1) is 15.2. The summed E-state index contributed by atoms with van der Waals surface area (Å²) < 4.78 is 27.2. The zero-order chi connectivity index (χ0) is 14.6. The highest BCUT2D eigenvalue weighted by molar-refractivity contribution is 7.89. The van der Waals surface area contributed by atoms with E-state index in [4.69, 9.17) is 0 Å². The summed E-state index contributed by atoms with van der Waals surface area (Å²) in [6, 6.07) is 3.32. The number of pyridine rings is 1. The third kappa shape index (κ3) is 3.68. The summed E-state index contributed by atoms with van der Waals surface area (Å²) >= 11 is 0. The first-order valence-corrected chi connectivity index (χ1v) is 8.35. The average Bonchev–Trinajstić information content (AvgIpc) is 2.46. The lowest BCUT2D eigenvalue weighted by atomic mass is 10.0. The molecule has 7 heteroatoms. The van der Waals surface area contributed by atoms with Crippen LogP contribution in [0.5, 0.6) is 0 Å². The third-order valence-electron chi connectivity index (χ3n) is 3.73. The van der Waals surface area contributed by atoms with Crippen LogP contribution in [0, 0.1) is 0 Å². The number of nitrogens with one attached hydrogen (secondary N) is 2. The van der Waals surface area contributed by atoms with Crippen molar-refractivity contribution < 1.29 is 8.42 Å². The summed E-state index contributed by atoms with van der Waals surface area (Å²) in [5, 5.41) is 2.84. The Hall–Kier alpha value is -1.18. The summed E-state index contributed by atoms with van der Waals surface area (Å²) in [6.45, 7) is 1.49. The first-order valence-electron chi connectivity index (χ1n) is 6.86. The maximum absolute atomic E-state index is 12.3. The second-order valence-corrected chi connectivity index (χ2v) is 6.88. The van der Waals surface area contributed by atoms with Crippen LogP contribution in [0.15, 0.2) is 23.2 Å². The Bertz CT molecular complexity index is 547. The molecule has 0 saturated carbocycles. The van der Waals surface area contributed by atoms with Gasteiger partial charge < -0.3 is 10.2 Å². The summed E-state index contributed by atoms with van der Waals surface area (Å²) in [6.07, 6.45) is 4.88. The molecule has 1 aliphatic rings. The van der Waals surface area contributed by atoms with Crippen molar-refractivity contribution >= 4 is 15.8 Å². The fourth-order valence-electron chi connectivity index (χ4n) is 2.41. The van der Waals surface area contributed by atoms with Gasteiger partial charge in [-0.2, -0.15) is 0 Å². The van der Waals surface area contributed by atoms with Gasteiger partial charge in [-0.1, -0.05) is 6.42 Å². The van der Waals surface area contributed by atoms with Crippen LogP contribution in [0.1, 0.15) is 19.3 Å². The zero-order valence-corrected chi connectivity index (χ0v) is 12.8. The van der Waals surface area contributed by atoms with Crippen LogP contribution >= 0.6 is 0 Å². The van der Waals surface area contributed by atoms with Gasteiger partial charge >= 0.3 is 0 Å². The van der Waals surface area contributed by atoms with Crippen LogP contribution in [0.4, 0.5) is 5.82 Å². The average molecular weight is 298 g/mol. The lowest BCUT2D eigenvalue weighted by Crippen LogP contribution is -2.44. The highest BCUT2D eigenvalue weighted by Gasteiger charge is 2.22. The van der Waals surface area contributed by atoms with Gasteiger partial charge in [-0.05, 0) is 32.5 Å². The topological polar surface area (TPSA) is 74.3 Å². The summed E-state index contributed by atoms with van der Waals surface area (Å²) in [5.74, 6) is 0.544. The van der Waals surface area contributed by atoms with Crippen molar-refractivity contribution in [2.45, 2.75) is 30.2 Å². The van der Waals surface area contributed by atoms with E-state index in [0.29, 0.717) is 12.4 Å². The Balaban J connectivity index is 2.03. The molecule has 1 saturated heterocycles. The van der Waals surface area contributed by atoms with Crippen molar-refractivity contribution in [3.05, 3.63) is 18.3 Å². The Kier molecular flexibility index (Phi) is 4.95. The lowest BCUT2D eigenvalue weighted by Gasteiger charge is -2.32. The molecule has 2 N–H and O–H groups in total. The predicted molar refractivity (Wildman–Crippen MR) is 79.2 cm³/mol. The van der Waals surface area contributed by atoms with Crippen molar-refractivity contribution in [1.82, 2.24) is 14.6 Å². The van der Waals surface area contributed by atoms with Crippen LogP contribution in [0.3, 0.4) is 0 Å². The van der Waals surface area contributed by atoms with E-state index in [9.17, 15) is 8.42 Å². The molecule has 1 atom stereocenters. The van der Waals surface area contributed by atoms with Gasteiger partial charge in [0, 0.05) is 31.9 Å². The normalized spacial score (nSPS) is 20.8. The number of hydrogen-bond acceptors (Lipinski definition) is 5. The molecule has 0 spiro atoms. The number of likely N-dealkylation sites (tertiary alicyclic amines) is 1. The van der Waals surface area contributed by atoms with E-state index in [1.807, 2.05) is 7.05 Å². The number of piperidine rings is 1. The minimum Gasteiger partial charge on any atom is -0.373 e. The Morgan fingerprint density at radius 2 is 2.25 bits per heavy atom. The highest BCUT2D eigenvalue weighted by Crippen LogP contribution is 2.16. The number of sulfonamides is 1. The fourth-order valence-corrected chi connectivity index (χ4v) is 3.49. The Morgan fingerprint density at radius 1 is 1.45 bits per heavy atom. The van der Waals surface area contributed by atoms with Gasteiger partial charge in [0.25, 0.3) is 0 Å². The Labute approximate surface area is 120 Å². The molecule has 1 aromatic heterocycles. The molecular formula is C13H22N4O2S. The van der Waals surface area contributed by atoms with Crippen molar-refractivity contribution in [3.63, 3.8) is 0 Å². The molecule has 20 heavy (non-hydrogen) atoms. The molecule has 0 amide bonds. The monoisotopic (exact) mass is 298 g/mol. The quantitative estimate of drug-likeness (QED) is 0.844. The van der Waals surface area contributed by atoms with E-state index < -0.39 is 10.0 Å². The minimum atomic E-state index is -3.47. The maximum atomic E-state index is 12.3. The molecule has 112 valence electrons. The first-order chi connectivity index (χ1) is 9.53. The molecule has 0 aliphatic carbocycles. The molecule has 0 radical (unpaired) electrons. The summed E-state index contributed by atoms with van der Waals surface area (Å²) in [5.41, 5.74) is 0. The smallest absolute Gasteiger partial charge is 0.240 e. The standard InChI is InChI=1S/C13H22N4O2S/c1-14-13-9-12(6-7-15-13)20(18,19)16-10-11-5-3-4-8-17(11)2/h6-7,9,11,16H,3-5,8,10H2,1-2H3,(H,14,15). The van der Waals surface area contributed by atoms with Crippen LogP contribution in [0.2, 0.25) is 0 Å². The molecular weight excluding hydrogens is 276 g/mol. The van der Waals surface area contributed by atoms with E-state index >= 15 is 0 Å². The predicted octanol–water partition coefficient (Wildman–Crippen LogP) is 0.886. The van der Waals surface area contributed by atoms with Gasteiger partial charge in [-0.15, -0.1) is 0 Å². The SMILES string of the molecule is CNc1cc(S(=O)(=O)NCC2CCCCN2C)ccn1. The van der Waals surface area contributed by atoms with Crippen molar-refractivity contribution in [2.24, 2.45) is 0 Å². The van der Waals surface area contributed by atoms with Crippen molar-refractivity contribution in [1.29, 1.82) is 0 Å². The number of nitrogens with zero attached hydrogens (tertiary/aromatic N) is 2. The van der Waals surface area contributed by atoms with Gasteiger partial charge in [0.15, 0.2) is 0 Å². The van der Waals surface area contributed by atoms with E-state index in [1.165, 1.54) is 24.8 Å². The second kappa shape index (κ2) is 6.51. The van der Waals surface area contributed by atoms with Crippen molar-refractivity contribution in [3.8, 4) is 0 Å². The summed E-state index contributed by atoms with van der Waals surface area (Å²) in [7, 11) is 0.284. The molecule has 6 nitrogen and oxygen atoms in total. The molecule has 2 heterocycles. The molecule has 1 unspecified atom stereocenters. The number of aromatic nitrogens is 1.